The van der Waals surface area contributed by atoms with Crippen LogP contribution in [0.15, 0.2) is 54.6 Å². The zero-order valence-electron chi connectivity index (χ0n) is 15.7. The van der Waals surface area contributed by atoms with Gasteiger partial charge in [-0.2, -0.15) is 0 Å². The highest BCUT2D eigenvalue weighted by atomic mass is 16.6. The van der Waals surface area contributed by atoms with Gasteiger partial charge >= 0.3 is 12.1 Å². The lowest BCUT2D eigenvalue weighted by atomic mass is 10.0. The van der Waals surface area contributed by atoms with Crippen LogP contribution in [-0.4, -0.2) is 30.6 Å². The fourth-order valence-corrected chi connectivity index (χ4v) is 2.36. The first-order valence-electron chi connectivity index (χ1n) is 8.79. The number of rotatable bonds is 6. The minimum atomic E-state index is -0.841. The van der Waals surface area contributed by atoms with E-state index in [9.17, 15) is 14.4 Å². The molecular weight excluding hydrogens is 344 g/mol. The molecule has 27 heavy (non-hydrogen) atoms. The lowest BCUT2D eigenvalue weighted by molar-refractivity contribution is 0.0611. The standard InChI is InChI=1S/C21H24N2O4/c1-14(2)18(13-22-19(24)16-11-9-15(3)10-12-16)23-21(26)27-20(25)17-7-5-4-6-8-17/h4-12,14,18H,13H2,1-3H3,(H,22,24)(H,23,26). The first-order chi connectivity index (χ1) is 12.9. The Bertz CT molecular complexity index is 786. The average molecular weight is 368 g/mol. The van der Waals surface area contributed by atoms with Crippen LogP contribution < -0.4 is 10.6 Å². The summed E-state index contributed by atoms with van der Waals surface area (Å²) >= 11 is 0. The van der Waals surface area contributed by atoms with Crippen LogP contribution in [0.2, 0.25) is 0 Å². The number of nitrogens with one attached hydrogen (secondary N) is 2. The van der Waals surface area contributed by atoms with Crippen molar-refractivity contribution in [3.63, 3.8) is 0 Å². The number of alkyl carbamates (subject to hydrolysis) is 1. The third kappa shape index (κ3) is 6.26. The molecule has 2 amide bonds. The van der Waals surface area contributed by atoms with Crippen molar-refractivity contribution in [1.29, 1.82) is 0 Å². The molecule has 1 atom stereocenters. The van der Waals surface area contributed by atoms with E-state index in [2.05, 4.69) is 10.6 Å². The van der Waals surface area contributed by atoms with Gasteiger partial charge in [-0.3, -0.25) is 4.79 Å². The Labute approximate surface area is 158 Å². The molecule has 0 radical (unpaired) electrons. The number of esters is 1. The van der Waals surface area contributed by atoms with Gasteiger partial charge in [0.15, 0.2) is 0 Å². The molecule has 142 valence electrons. The van der Waals surface area contributed by atoms with Crippen molar-refractivity contribution in [1.82, 2.24) is 10.6 Å². The molecule has 2 N–H and O–H groups in total. The van der Waals surface area contributed by atoms with Gasteiger partial charge in [0.1, 0.15) is 0 Å². The second-order valence-electron chi connectivity index (χ2n) is 6.61. The topological polar surface area (TPSA) is 84.5 Å². The Hall–Kier alpha value is -3.15. The molecule has 2 rings (SSSR count). The van der Waals surface area contributed by atoms with Crippen molar-refractivity contribution in [3.8, 4) is 0 Å². The fraction of sp³-hybridized carbons (Fsp3) is 0.286. The molecule has 6 heteroatoms. The Morgan fingerprint density at radius 2 is 1.56 bits per heavy atom. The maximum absolute atomic E-state index is 12.2. The van der Waals surface area contributed by atoms with E-state index in [4.69, 9.17) is 4.74 Å². The van der Waals surface area contributed by atoms with Gasteiger partial charge in [0.2, 0.25) is 0 Å². The minimum absolute atomic E-state index is 0.0303. The SMILES string of the molecule is Cc1ccc(C(=O)NCC(NC(=O)OC(=O)c2ccccc2)C(C)C)cc1. The van der Waals surface area contributed by atoms with Gasteiger partial charge < -0.3 is 15.4 Å². The number of ether oxygens (including phenoxy) is 1. The van der Waals surface area contributed by atoms with E-state index in [-0.39, 0.29) is 24.4 Å². The Balaban J connectivity index is 1.89. The van der Waals surface area contributed by atoms with Crippen LogP contribution in [0.1, 0.15) is 40.1 Å². The number of benzene rings is 2. The number of hydrogen-bond donors (Lipinski definition) is 2. The summed E-state index contributed by atoms with van der Waals surface area (Å²) in [5, 5.41) is 5.43. The molecule has 0 saturated carbocycles. The van der Waals surface area contributed by atoms with E-state index in [0.717, 1.165) is 5.56 Å². The van der Waals surface area contributed by atoms with Gasteiger partial charge in [-0.05, 0) is 37.1 Å². The smallest absolute Gasteiger partial charge is 0.373 e. The molecule has 2 aromatic rings. The van der Waals surface area contributed by atoms with E-state index in [1.807, 2.05) is 32.9 Å². The molecule has 6 nitrogen and oxygen atoms in total. The third-order valence-electron chi connectivity index (χ3n) is 4.10. The number of hydrogen-bond acceptors (Lipinski definition) is 4. The van der Waals surface area contributed by atoms with Gasteiger partial charge in [0, 0.05) is 12.1 Å². The van der Waals surface area contributed by atoms with Gasteiger partial charge in [-0.25, -0.2) is 9.59 Å². The van der Waals surface area contributed by atoms with Crippen LogP contribution >= 0.6 is 0 Å². The highest BCUT2D eigenvalue weighted by molar-refractivity contribution is 5.96. The lowest BCUT2D eigenvalue weighted by Crippen LogP contribution is -2.47. The van der Waals surface area contributed by atoms with Crippen molar-refractivity contribution < 1.29 is 19.1 Å². The van der Waals surface area contributed by atoms with E-state index in [0.29, 0.717) is 11.1 Å². The van der Waals surface area contributed by atoms with E-state index >= 15 is 0 Å². The highest BCUT2D eigenvalue weighted by Gasteiger charge is 2.20. The maximum Gasteiger partial charge on any atom is 0.415 e. The van der Waals surface area contributed by atoms with Gasteiger partial charge in [-0.1, -0.05) is 49.7 Å². The van der Waals surface area contributed by atoms with Crippen molar-refractivity contribution in [3.05, 3.63) is 71.3 Å². The summed E-state index contributed by atoms with van der Waals surface area (Å²) in [6.07, 6.45) is -0.841. The van der Waals surface area contributed by atoms with Gasteiger partial charge in [0.05, 0.1) is 11.6 Å². The number of aryl methyl sites for hydroxylation is 1. The lowest BCUT2D eigenvalue weighted by Gasteiger charge is -2.22. The largest absolute Gasteiger partial charge is 0.415 e. The van der Waals surface area contributed by atoms with Crippen LogP contribution in [-0.2, 0) is 4.74 Å². The molecule has 2 aromatic carbocycles. The third-order valence-corrected chi connectivity index (χ3v) is 4.10. The summed E-state index contributed by atoms with van der Waals surface area (Å²) in [6.45, 7) is 5.98. The summed E-state index contributed by atoms with van der Waals surface area (Å²) in [4.78, 5) is 36.2. The highest BCUT2D eigenvalue weighted by Crippen LogP contribution is 2.06. The molecule has 0 heterocycles. The summed E-state index contributed by atoms with van der Waals surface area (Å²) in [7, 11) is 0. The monoisotopic (exact) mass is 368 g/mol. The van der Waals surface area contributed by atoms with Crippen LogP contribution in [0.5, 0.6) is 0 Å². The molecule has 0 aliphatic carbocycles. The molecule has 0 bridgehead atoms. The molecule has 0 fully saturated rings. The molecule has 0 aliphatic heterocycles. The average Bonchev–Trinajstić information content (AvgIpc) is 2.65. The number of carbonyl (C=O) groups excluding carboxylic acids is 3. The normalized spacial score (nSPS) is 11.6. The zero-order valence-corrected chi connectivity index (χ0v) is 15.7. The number of amides is 2. The summed E-state index contributed by atoms with van der Waals surface area (Å²) < 4.78 is 4.82. The van der Waals surface area contributed by atoms with E-state index < -0.39 is 12.1 Å². The van der Waals surface area contributed by atoms with Crippen LogP contribution in [0.3, 0.4) is 0 Å². The van der Waals surface area contributed by atoms with Crippen molar-refractivity contribution in [2.45, 2.75) is 26.8 Å². The predicted molar refractivity (Wildman–Crippen MR) is 103 cm³/mol. The predicted octanol–water partition coefficient (Wildman–Crippen LogP) is 3.32. The first-order valence-corrected chi connectivity index (χ1v) is 8.79. The summed E-state index contributed by atoms with van der Waals surface area (Å²) in [6, 6.07) is 15.1. The molecule has 1 unspecified atom stereocenters. The number of carbonyl (C=O) groups is 3. The quantitative estimate of drug-likeness (QED) is 0.605. The Morgan fingerprint density at radius 1 is 0.926 bits per heavy atom. The van der Waals surface area contributed by atoms with Crippen molar-refractivity contribution in [2.24, 2.45) is 5.92 Å². The van der Waals surface area contributed by atoms with Crippen LogP contribution in [0, 0.1) is 12.8 Å². The molecule has 0 spiro atoms. The first kappa shape index (κ1) is 20.2. The molecular formula is C21H24N2O4. The summed E-state index contributed by atoms with van der Waals surface area (Å²) in [5.41, 5.74) is 1.91. The molecule has 0 aliphatic rings. The van der Waals surface area contributed by atoms with E-state index in [1.54, 1.807) is 42.5 Å². The van der Waals surface area contributed by atoms with Gasteiger partial charge in [-0.15, -0.1) is 0 Å². The van der Waals surface area contributed by atoms with Gasteiger partial charge in [0.25, 0.3) is 5.91 Å². The van der Waals surface area contributed by atoms with Crippen LogP contribution in [0.4, 0.5) is 4.79 Å². The maximum atomic E-state index is 12.2. The zero-order chi connectivity index (χ0) is 19.8. The van der Waals surface area contributed by atoms with E-state index in [1.165, 1.54) is 0 Å². The second-order valence-corrected chi connectivity index (χ2v) is 6.61. The molecule has 0 aromatic heterocycles. The summed E-state index contributed by atoms with van der Waals surface area (Å²) in [5.74, 6) is -0.918. The fourth-order valence-electron chi connectivity index (χ4n) is 2.36. The van der Waals surface area contributed by atoms with Crippen molar-refractivity contribution in [2.75, 3.05) is 6.54 Å². The van der Waals surface area contributed by atoms with Crippen LogP contribution in [0.25, 0.3) is 0 Å². The van der Waals surface area contributed by atoms with Crippen molar-refractivity contribution >= 4 is 18.0 Å². The molecule has 0 saturated heterocycles. The minimum Gasteiger partial charge on any atom is -0.373 e. The Morgan fingerprint density at radius 3 is 2.15 bits per heavy atom. The second kappa shape index (κ2) is 9.52. The Kier molecular flexibility index (Phi) is 7.11.